The molecule has 0 saturated carbocycles. The van der Waals surface area contributed by atoms with Gasteiger partial charge in [-0.05, 0) is 45.0 Å². The van der Waals surface area contributed by atoms with E-state index in [4.69, 9.17) is 10.5 Å². The predicted molar refractivity (Wildman–Crippen MR) is 81.8 cm³/mol. The van der Waals surface area contributed by atoms with Crippen LogP contribution in [0.4, 0.5) is 5.69 Å². The Hall–Kier alpha value is -1.88. The van der Waals surface area contributed by atoms with Crippen LogP contribution >= 0.6 is 0 Å². The molecule has 0 aromatic heterocycles. The molecule has 0 atom stereocenters. The molecule has 0 bridgehead atoms. The average molecular weight is 290 g/mol. The lowest BCUT2D eigenvalue weighted by Crippen LogP contribution is -2.48. The number of carbonyl (C=O) groups excluding carboxylic acids is 2. The van der Waals surface area contributed by atoms with Crippen molar-refractivity contribution in [2.24, 2.45) is 5.73 Å². The average Bonchev–Trinajstić information content (AvgIpc) is 2.42. The van der Waals surface area contributed by atoms with Crippen LogP contribution in [0.5, 0.6) is 5.75 Å². The van der Waals surface area contributed by atoms with Gasteiger partial charge in [0.2, 0.25) is 5.91 Å². The Labute approximate surface area is 125 Å². The number of hydrogen-bond donors (Lipinski definition) is 1. The SMILES string of the molecule is CC(=O)N1CC(C)(C)Oc2ccc(C(=O)CCCN)cc21. The van der Waals surface area contributed by atoms with Crippen molar-refractivity contribution in [3.63, 3.8) is 0 Å². The largest absolute Gasteiger partial charge is 0.484 e. The number of benzene rings is 1. The molecule has 0 fully saturated rings. The molecule has 1 heterocycles. The minimum absolute atomic E-state index is 0.0385. The fraction of sp³-hybridized carbons (Fsp3) is 0.500. The molecule has 2 rings (SSSR count). The van der Waals surface area contributed by atoms with Crippen LogP contribution in [-0.2, 0) is 4.79 Å². The molecule has 0 spiro atoms. The number of ether oxygens (including phenoxy) is 1. The Morgan fingerprint density at radius 1 is 1.38 bits per heavy atom. The number of hydrogen-bond acceptors (Lipinski definition) is 4. The lowest BCUT2D eigenvalue weighted by Gasteiger charge is -2.39. The van der Waals surface area contributed by atoms with E-state index in [-0.39, 0.29) is 11.7 Å². The molecule has 1 aromatic rings. The molecule has 1 amide bonds. The first kappa shape index (κ1) is 15.5. The Kier molecular flexibility index (Phi) is 4.32. The van der Waals surface area contributed by atoms with Crippen LogP contribution in [-0.4, -0.2) is 30.4 Å². The van der Waals surface area contributed by atoms with Gasteiger partial charge in [0.1, 0.15) is 11.4 Å². The molecule has 0 saturated heterocycles. The molecular weight excluding hydrogens is 268 g/mol. The molecule has 21 heavy (non-hydrogen) atoms. The quantitative estimate of drug-likeness (QED) is 0.862. The second kappa shape index (κ2) is 5.85. The summed E-state index contributed by atoms with van der Waals surface area (Å²) in [5.74, 6) is 0.618. The third-order valence-corrected chi connectivity index (χ3v) is 3.48. The first-order valence-corrected chi connectivity index (χ1v) is 7.18. The lowest BCUT2D eigenvalue weighted by atomic mass is 10.0. The fourth-order valence-corrected chi connectivity index (χ4v) is 2.47. The van der Waals surface area contributed by atoms with Crippen molar-refractivity contribution in [1.29, 1.82) is 0 Å². The molecule has 1 aliphatic heterocycles. The number of amides is 1. The summed E-state index contributed by atoms with van der Waals surface area (Å²) < 4.78 is 5.89. The van der Waals surface area contributed by atoms with E-state index in [1.165, 1.54) is 6.92 Å². The zero-order chi connectivity index (χ0) is 15.6. The predicted octanol–water partition coefficient (Wildman–Crippen LogP) is 2.13. The van der Waals surface area contributed by atoms with Crippen LogP contribution < -0.4 is 15.4 Å². The van der Waals surface area contributed by atoms with Gasteiger partial charge in [0, 0.05) is 18.9 Å². The Bertz CT molecular complexity index is 567. The highest BCUT2D eigenvalue weighted by Gasteiger charge is 2.33. The summed E-state index contributed by atoms with van der Waals surface area (Å²) >= 11 is 0. The minimum atomic E-state index is -0.441. The normalized spacial score (nSPS) is 16.1. The summed E-state index contributed by atoms with van der Waals surface area (Å²) in [6, 6.07) is 5.25. The smallest absolute Gasteiger partial charge is 0.224 e. The van der Waals surface area contributed by atoms with Crippen molar-refractivity contribution >= 4 is 17.4 Å². The molecule has 5 nitrogen and oxygen atoms in total. The zero-order valence-electron chi connectivity index (χ0n) is 12.8. The highest BCUT2D eigenvalue weighted by molar-refractivity contribution is 6.00. The van der Waals surface area contributed by atoms with E-state index in [0.717, 1.165) is 0 Å². The van der Waals surface area contributed by atoms with Gasteiger partial charge in [-0.1, -0.05) is 0 Å². The van der Waals surface area contributed by atoms with E-state index < -0.39 is 5.60 Å². The van der Waals surface area contributed by atoms with Gasteiger partial charge in [-0.25, -0.2) is 0 Å². The number of fused-ring (bicyclic) bond motifs is 1. The lowest BCUT2D eigenvalue weighted by molar-refractivity contribution is -0.117. The van der Waals surface area contributed by atoms with E-state index in [1.807, 2.05) is 13.8 Å². The maximum atomic E-state index is 12.1. The van der Waals surface area contributed by atoms with Crippen LogP contribution in [0.1, 0.15) is 44.0 Å². The third kappa shape index (κ3) is 3.42. The topological polar surface area (TPSA) is 72.6 Å². The van der Waals surface area contributed by atoms with Gasteiger partial charge >= 0.3 is 0 Å². The van der Waals surface area contributed by atoms with Crippen molar-refractivity contribution in [3.05, 3.63) is 23.8 Å². The highest BCUT2D eigenvalue weighted by atomic mass is 16.5. The van der Waals surface area contributed by atoms with E-state index >= 15 is 0 Å². The molecule has 2 N–H and O–H groups in total. The number of ketones is 1. The summed E-state index contributed by atoms with van der Waals surface area (Å²) in [5, 5.41) is 0. The van der Waals surface area contributed by atoms with Crippen molar-refractivity contribution in [2.75, 3.05) is 18.0 Å². The Balaban J connectivity index is 2.35. The first-order valence-electron chi connectivity index (χ1n) is 7.18. The molecule has 5 heteroatoms. The number of anilines is 1. The summed E-state index contributed by atoms with van der Waals surface area (Å²) in [5.41, 5.74) is 6.25. The Morgan fingerprint density at radius 3 is 2.71 bits per heavy atom. The number of carbonyl (C=O) groups is 2. The standard InChI is InChI=1S/C16H22N2O3/c1-11(19)18-10-16(2,3)21-15-7-6-12(9-13(15)18)14(20)5-4-8-17/h6-7,9H,4-5,8,10,17H2,1-3H3. The molecule has 1 aliphatic rings. The van der Waals surface area contributed by atoms with Crippen molar-refractivity contribution in [2.45, 2.75) is 39.2 Å². The summed E-state index contributed by atoms with van der Waals surface area (Å²) in [4.78, 5) is 25.6. The molecule has 0 radical (unpaired) electrons. The van der Waals surface area contributed by atoms with Crippen molar-refractivity contribution in [1.82, 2.24) is 0 Å². The van der Waals surface area contributed by atoms with Gasteiger partial charge in [0.15, 0.2) is 5.78 Å². The molecule has 0 aliphatic carbocycles. The van der Waals surface area contributed by atoms with Crippen LogP contribution in [0, 0.1) is 0 Å². The van der Waals surface area contributed by atoms with Gasteiger partial charge in [0.25, 0.3) is 0 Å². The minimum Gasteiger partial charge on any atom is -0.484 e. The van der Waals surface area contributed by atoms with Gasteiger partial charge in [-0.15, -0.1) is 0 Å². The summed E-state index contributed by atoms with van der Waals surface area (Å²) in [7, 11) is 0. The Morgan fingerprint density at radius 2 is 2.10 bits per heavy atom. The molecular formula is C16H22N2O3. The maximum Gasteiger partial charge on any atom is 0.224 e. The van der Waals surface area contributed by atoms with Crippen LogP contribution in [0.2, 0.25) is 0 Å². The number of Topliss-reactive ketones (excluding diaryl/α,β-unsaturated/α-hetero) is 1. The molecule has 114 valence electrons. The first-order chi connectivity index (χ1) is 9.84. The van der Waals surface area contributed by atoms with E-state index in [1.54, 1.807) is 23.1 Å². The van der Waals surface area contributed by atoms with Crippen molar-refractivity contribution in [3.8, 4) is 5.75 Å². The van der Waals surface area contributed by atoms with Gasteiger partial charge in [-0.3, -0.25) is 9.59 Å². The van der Waals surface area contributed by atoms with Crippen molar-refractivity contribution < 1.29 is 14.3 Å². The fourth-order valence-electron chi connectivity index (χ4n) is 2.47. The number of rotatable bonds is 4. The van der Waals surface area contributed by atoms with E-state index in [9.17, 15) is 9.59 Å². The van der Waals surface area contributed by atoms with Crippen LogP contribution in [0.25, 0.3) is 0 Å². The second-order valence-corrected chi connectivity index (χ2v) is 5.96. The van der Waals surface area contributed by atoms with Gasteiger partial charge < -0.3 is 15.4 Å². The summed E-state index contributed by atoms with van der Waals surface area (Å²) in [6.45, 7) is 6.36. The third-order valence-electron chi connectivity index (χ3n) is 3.48. The molecule has 1 aromatic carbocycles. The second-order valence-electron chi connectivity index (χ2n) is 5.96. The summed E-state index contributed by atoms with van der Waals surface area (Å²) in [6.07, 6.45) is 1.08. The van der Waals surface area contributed by atoms with Crippen LogP contribution in [0.15, 0.2) is 18.2 Å². The number of nitrogens with zero attached hydrogens (tertiary/aromatic N) is 1. The maximum absolute atomic E-state index is 12.1. The van der Waals surface area contributed by atoms with Crippen LogP contribution in [0.3, 0.4) is 0 Å². The number of nitrogens with two attached hydrogens (primary N) is 1. The monoisotopic (exact) mass is 290 g/mol. The highest BCUT2D eigenvalue weighted by Crippen LogP contribution is 2.37. The van der Waals surface area contributed by atoms with Gasteiger partial charge in [0.05, 0.1) is 12.2 Å². The van der Waals surface area contributed by atoms with Gasteiger partial charge in [-0.2, -0.15) is 0 Å². The zero-order valence-corrected chi connectivity index (χ0v) is 12.8. The molecule has 0 unspecified atom stereocenters. The van der Waals surface area contributed by atoms with E-state index in [2.05, 4.69) is 0 Å². The van der Waals surface area contributed by atoms with E-state index in [0.29, 0.717) is 42.9 Å².